The van der Waals surface area contributed by atoms with Crippen LogP contribution in [0.1, 0.15) is 11.1 Å². The summed E-state index contributed by atoms with van der Waals surface area (Å²) in [6.07, 6.45) is -0.310. The summed E-state index contributed by atoms with van der Waals surface area (Å²) in [5.74, 6) is 0.630. The van der Waals surface area contributed by atoms with Crippen LogP contribution in [0.3, 0.4) is 0 Å². The number of ether oxygens (including phenoxy) is 1. The van der Waals surface area contributed by atoms with Gasteiger partial charge in [-0.1, -0.05) is 12.1 Å². The van der Waals surface area contributed by atoms with Crippen molar-refractivity contribution in [1.29, 1.82) is 0 Å². The Morgan fingerprint density at radius 2 is 2.12 bits per heavy atom. The molecule has 1 saturated heterocycles. The van der Waals surface area contributed by atoms with Gasteiger partial charge in [-0.15, -0.1) is 0 Å². The van der Waals surface area contributed by atoms with Crippen molar-refractivity contribution < 1.29 is 9.53 Å². The zero-order valence-corrected chi connectivity index (χ0v) is 9.56. The topological polar surface area (TPSA) is 55.6 Å². The first-order valence-electron chi connectivity index (χ1n) is 5.36. The van der Waals surface area contributed by atoms with Crippen LogP contribution in [-0.4, -0.2) is 30.1 Å². The van der Waals surface area contributed by atoms with Crippen LogP contribution in [0, 0.1) is 13.8 Å². The molecule has 1 heterocycles. The molecule has 0 aromatic heterocycles. The fourth-order valence-electron chi connectivity index (χ4n) is 1.64. The molecule has 1 aromatic rings. The van der Waals surface area contributed by atoms with E-state index in [4.69, 9.17) is 10.5 Å². The molecular weight excluding hydrogens is 204 g/mol. The molecule has 0 bridgehead atoms. The molecule has 0 unspecified atom stereocenters. The first-order valence-corrected chi connectivity index (χ1v) is 5.36. The van der Waals surface area contributed by atoms with E-state index < -0.39 is 0 Å². The lowest BCUT2D eigenvalue weighted by molar-refractivity contribution is 0.113. The first-order chi connectivity index (χ1) is 7.56. The average Bonchev–Trinajstić information content (AvgIpc) is 2.19. The molecule has 1 aliphatic heterocycles. The SMILES string of the molecule is Cc1ccc(C)c(OC(=O)N2CC(N)C2)c1. The Hall–Kier alpha value is -1.55. The molecule has 16 heavy (non-hydrogen) atoms. The number of benzene rings is 1. The van der Waals surface area contributed by atoms with Gasteiger partial charge in [0.25, 0.3) is 0 Å². The van der Waals surface area contributed by atoms with Crippen molar-refractivity contribution in [1.82, 2.24) is 4.90 Å². The number of nitrogens with two attached hydrogens (primary N) is 1. The van der Waals surface area contributed by atoms with E-state index in [1.165, 1.54) is 0 Å². The highest BCUT2D eigenvalue weighted by Gasteiger charge is 2.29. The van der Waals surface area contributed by atoms with Crippen molar-refractivity contribution in [3.63, 3.8) is 0 Å². The molecule has 4 heteroatoms. The summed E-state index contributed by atoms with van der Waals surface area (Å²) in [6.45, 7) is 5.06. The van der Waals surface area contributed by atoms with Crippen molar-refractivity contribution in [3.8, 4) is 5.75 Å². The fourth-order valence-corrected chi connectivity index (χ4v) is 1.64. The third-order valence-electron chi connectivity index (χ3n) is 2.71. The van der Waals surface area contributed by atoms with E-state index in [1.54, 1.807) is 4.90 Å². The van der Waals surface area contributed by atoms with Crippen molar-refractivity contribution >= 4 is 6.09 Å². The monoisotopic (exact) mass is 220 g/mol. The Morgan fingerprint density at radius 1 is 1.44 bits per heavy atom. The highest BCUT2D eigenvalue weighted by molar-refractivity contribution is 5.72. The second-order valence-corrected chi connectivity index (χ2v) is 4.30. The number of rotatable bonds is 1. The van der Waals surface area contributed by atoms with Crippen LogP contribution in [0.5, 0.6) is 5.75 Å². The van der Waals surface area contributed by atoms with Gasteiger partial charge in [-0.3, -0.25) is 0 Å². The molecule has 0 saturated carbocycles. The van der Waals surface area contributed by atoms with Gasteiger partial charge >= 0.3 is 6.09 Å². The zero-order valence-electron chi connectivity index (χ0n) is 9.56. The molecule has 4 nitrogen and oxygen atoms in total. The Balaban J connectivity index is 2.03. The second-order valence-electron chi connectivity index (χ2n) is 4.30. The number of hydrogen-bond acceptors (Lipinski definition) is 3. The van der Waals surface area contributed by atoms with Gasteiger partial charge in [-0.2, -0.15) is 0 Å². The Morgan fingerprint density at radius 3 is 2.75 bits per heavy atom. The van der Waals surface area contributed by atoms with Gasteiger partial charge in [0.05, 0.1) is 0 Å². The van der Waals surface area contributed by atoms with Crippen LogP contribution in [0.15, 0.2) is 18.2 Å². The van der Waals surface area contributed by atoms with Gasteiger partial charge in [0.1, 0.15) is 5.75 Å². The normalized spacial score (nSPS) is 15.8. The minimum Gasteiger partial charge on any atom is -0.410 e. The molecular formula is C12H16N2O2. The van der Waals surface area contributed by atoms with E-state index in [2.05, 4.69) is 0 Å². The highest BCUT2D eigenvalue weighted by Crippen LogP contribution is 2.20. The lowest BCUT2D eigenvalue weighted by Crippen LogP contribution is -2.58. The maximum Gasteiger partial charge on any atom is 0.415 e. The standard InChI is InChI=1S/C12H16N2O2/c1-8-3-4-9(2)11(5-8)16-12(15)14-6-10(13)7-14/h3-5,10H,6-7,13H2,1-2H3. The van der Waals surface area contributed by atoms with Crippen LogP contribution >= 0.6 is 0 Å². The molecule has 2 rings (SSSR count). The summed E-state index contributed by atoms with van der Waals surface area (Å²) in [7, 11) is 0. The summed E-state index contributed by atoms with van der Waals surface area (Å²) in [5, 5.41) is 0. The van der Waals surface area contributed by atoms with Crippen LogP contribution < -0.4 is 10.5 Å². The minimum absolute atomic E-state index is 0.103. The van der Waals surface area contributed by atoms with Crippen LogP contribution in [-0.2, 0) is 0 Å². The van der Waals surface area contributed by atoms with Crippen molar-refractivity contribution in [2.75, 3.05) is 13.1 Å². The molecule has 0 atom stereocenters. The molecule has 0 radical (unpaired) electrons. The summed E-state index contributed by atoms with van der Waals surface area (Å²) >= 11 is 0. The highest BCUT2D eigenvalue weighted by atomic mass is 16.6. The molecule has 1 aromatic carbocycles. The molecule has 0 aliphatic carbocycles. The van der Waals surface area contributed by atoms with Crippen LogP contribution in [0.2, 0.25) is 0 Å². The number of carbonyl (C=O) groups excluding carboxylic acids is 1. The Bertz CT molecular complexity index is 411. The Kier molecular flexibility index (Phi) is 2.83. The van der Waals surface area contributed by atoms with Gasteiger partial charge in [0.2, 0.25) is 0 Å². The number of likely N-dealkylation sites (tertiary alicyclic amines) is 1. The van der Waals surface area contributed by atoms with E-state index in [0.29, 0.717) is 18.8 Å². The maximum atomic E-state index is 11.7. The molecule has 2 N–H and O–H groups in total. The third kappa shape index (κ3) is 2.17. The molecule has 0 spiro atoms. The third-order valence-corrected chi connectivity index (χ3v) is 2.71. The van der Waals surface area contributed by atoms with Gasteiger partial charge in [0, 0.05) is 19.1 Å². The average molecular weight is 220 g/mol. The van der Waals surface area contributed by atoms with Crippen molar-refractivity contribution in [2.24, 2.45) is 5.73 Å². The second kappa shape index (κ2) is 4.14. The van der Waals surface area contributed by atoms with E-state index in [9.17, 15) is 4.79 Å². The zero-order chi connectivity index (χ0) is 11.7. The lowest BCUT2D eigenvalue weighted by Gasteiger charge is -2.35. The van der Waals surface area contributed by atoms with Crippen molar-refractivity contribution in [2.45, 2.75) is 19.9 Å². The predicted octanol–water partition coefficient (Wildman–Crippen LogP) is 1.45. The maximum absolute atomic E-state index is 11.7. The first kappa shape index (κ1) is 11.0. The van der Waals surface area contributed by atoms with Gasteiger partial charge in [-0.05, 0) is 31.0 Å². The number of nitrogens with zero attached hydrogens (tertiary/aromatic N) is 1. The minimum atomic E-state index is -0.310. The lowest BCUT2D eigenvalue weighted by atomic mass is 10.1. The molecule has 1 aliphatic rings. The van der Waals surface area contributed by atoms with E-state index in [-0.39, 0.29) is 12.1 Å². The van der Waals surface area contributed by atoms with Gasteiger partial charge in [0.15, 0.2) is 0 Å². The quantitative estimate of drug-likeness (QED) is 0.779. The van der Waals surface area contributed by atoms with Crippen LogP contribution in [0.25, 0.3) is 0 Å². The molecule has 86 valence electrons. The summed E-state index contributed by atoms with van der Waals surface area (Å²) < 4.78 is 5.31. The number of amides is 1. The van der Waals surface area contributed by atoms with Crippen molar-refractivity contribution in [3.05, 3.63) is 29.3 Å². The largest absolute Gasteiger partial charge is 0.415 e. The fraction of sp³-hybridized carbons (Fsp3) is 0.417. The smallest absolute Gasteiger partial charge is 0.410 e. The number of aryl methyl sites for hydroxylation is 2. The van der Waals surface area contributed by atoms with E-state index in [0.717, 1.165) is 11.1 Å². The molecule has 1 fully saturated rings. The molecule has 1 amide bonds. The summed E-state index contributed by atoms with van der Waals surface area (Å²) in [4.78, 5) is 13.3. The number of hydrogen-bond donors (Lipinski definition) is 1. The predicted molar refractivity (Wildman–Crippen MR) is 61.5 cm³/mol. The Labute approximate surface area is 95.0 Å². The van der Waals surface area contributed by atoms with Crippen LogP contribution in [0.4, 0.5) is 4.79 Å². The van der Waals surface area contributed by atoms with Gasteiger partial charge < -0.3 is 15.4 Å². The van der Waals surface area contributed by atoms with E-state index in [1.807, 2.05) is 32.0 Å². The summed E-state index contributed by atoms with van der Waals surface area (Å²) in [6, 6.07) is 5.91. The van der Waals surface area contributed by atoms with Gasteiger partial charge in [-0.25, -0.2) is 4.79 Å². The summed E-state index contributed by atoms with van der Waals surface area (Å²) in [5.41, 5.74) is 7.64. The van der Waals surface area contributed by atoms with E-state index >= 15 is 0 Å². The number of carbonyl (C=O) groups is 1.